The number of hydrogen-bond donors (Lipinski definition) is 0. The van der Waals surface area contributed by atoms with Crippen molar-refractivity contribution in [3.63, 3.8) is 0 Å². The van der Waals surface area contributed by atoms with E-state index in [4.69, 9.17) is 14.2 Å². The zero-order chi connectivity index (χ0) is 52.2. The summed E-state index contributed by atoms with van der Waals surface area (Å²) in [6.07, 6.45) is 83.1. The van der Waals surface area contributed by atoms with E-state index in [0.29, 0.717) is 19.3 Å². The average Bonchev–Trinajstić information content (AvgIpc) is 3.38. The third kappa shape index (κ3) is 56.5. The summed E-state index contributed by atoms with van der Waals surface area (Å²) in [6, 6.07) is 0. The molecule has 0 amide bonds. The van der Waals surface area contributed by atoms with E-state index in [1.165, 1.54) is 64.2 Å². The molecular weight excluding hydrogens is 889 g/mol. The van der Waals surface area contributed by atoms with Gasteiger partial charge in [0.1, 0.15) is 13.2 Å². The van der Waals surface area contributed by atoms with Crippen LogP contribution in [-0.4, -0.2) is 37.2 Å². The Morgan fingerprint density at radius 3 is 0.889 bits per heavy atom. The van der Waals surface area contributed by atoms with E-state index >= 15 is 0 Å². The van der Waals surface area contributed by atoms with Gasteiger partial charge in [-0.05, 0) is 128 Å². The summed E-state index contributed by atoms with van der Waals surface area (Å²) in [5.41, 5.74) is 0. The van der Waals surface area contributed by atoms with E-state index in [-0.39, 0.29) is 37.5 Å². The number of unbranched alkanes of at least 4 members (excludes halogenated alkanes) is 18. The van der Waals surface area contributed by atoms with Crippen molar-refractivity contribution in [2.24, 2.45) is 0 Å². The van der Waals surface area contributed by atoms with Gasteiger partial charge in [-0.25, -0.2) is 0 Å². The van der Waals surface area contributed by atoms with Crippen molar-refractivity contribution in [2.45, 2.75) is 252 Å². The van der Waals surface area contributed by atoms with Gasteiger partial charge in [-0.3, -0.25) is 14.4 Å². The number of ether oxygens (including phenoxy) is 3. The summed E-state index contributed by atoms with van der Waals surface area (Å²) < 4.78 is 16.8. The van der Waals surface area contributed by atoms with E-state index in [1.54, 1.807) is 0 Å². The van der Waals surface area contributed by atoms with Gasteiger partial charge in [0.25, 0.3) is 0 Å². The van der Waals surface area contributed by atoms with Gasteiger partial charge in [-0.1, -0.05) is 231 Å². The topological polar surface area (TPSA) is 78.9 Å². The van der Waals surface area contributed by atoms with Crippen LogP contribution in [0.5, 0.6) is 0 Å². The van der Waals surface area contributed by atoms with Gasteiger partial charge >= 0.3 is 17.9 Å². The molecule has 0 aromatic carbocycles. The summed E-state index contributed by atoms with van der Waals surface area (Å²) in [7, 11) is 0. The summed E-state index contributed by atoms with van der Waals surface area (Å²) >= 11 is 0. The second-order valence-corrected chi connectivity index (χ2v) is 18.8. The molecule has 406 valence electrons. The summed E-state index contributed by atoms with van der Waals surface area (Å²) in [4.78, 5) is 38.1. The molecule has 0 saturated heterocycles. The third-order valence-electron chi connectivity index (χ3n) is 11.9. The van der Waals surface area contributed by atoms with Crippen molar-refractivity contribution in [1.82, 2.24) is 0 Å². The number of rotatable bonds is 51. The first kappa shape index (κ1) is 67.5. The van der Waals surface area contributed by atoms with Crippen LogP contribution in [0.4, 0.5) is 0 Å². The van der Waals surface area contributed by atoms with Crippen LogP contribution in [0, 0.1) is 0 Å². The largest absolute Gasteiger partial charge is 0.462 e. The molecule has 0 saturated carbocycles. The SMILES string of the molecule is CC/C=C\C/C=C\C/C=C\C/C=C\C/C=C\C/C=C\CCCCC(=O)OC(COC(=O)CCCCCCC/C=C\CCC)COC(=O)CCCCCCCCCCCC/C=C\C/C=C\C/C=C\C/C=C\CC. The maximum Gasteiger partial charge on any atom is 0.306 e. The Morgan fingerprint density at radius 2 is 0.542 bits per heavy atom. The van der Waals surface area contributed by atoms with Crippen molar-refractivity contribution in [3.05, 3.63) is 134 Å². The Balaban J connectivity index is 4.40. The predicted octanol–water partition coefficient (Wildman–Crippen LogP) is 19.8. The van der Waals surface area contributed by atoms with Crippen molar-refractivity contribution in [3.8, 4) is 0 Å². The zero-order valence-electron chi connectivity index (χ0n) is 46.4. The van der Waals surface area contributed by atoms with Crippen LogP contribution in [-0.2, 0) is 28.6 Å². The Hall–Kier alpha value is -4.45. The van der Waals surface area contributed by atoms with Gasteiger partial charge in [0.15, 0.2) is 6.10 Å². The Kier molecular flexibility index (Phi) is 55.5. The minimum absolute atomic E-state index is 0.105. The van der Waals surface area contributed by atoms with Crippen LogP contribution < -0.4 is 0 Å². The van der Waals surface area contributed by atoms with Crippen LogP contribution in [0.25, 0.3) is 0 Å². The molecule has 0 aliphatic carbocycles. The molecule has 1 atom stereocenters. The molecular formula is C66H106O6. The molecule has 0 spiro atoms. The number of allylic oxidation sites excluding steroid dienone is 22. The van der Waals surface area contributed by atoms with Crippen LogP contribution in [0.1, 0.15) is 245 Å². The smallest absolute Gasteiger partial charge is 0.306 e. The fraction of sp³-hybridized carbons (Fsp3) is 0.621. The molecule has 0 heterocycles. The van der Waals surface area contributed by atoms with Crippen LogP contribution in [0.3, 0.4) is 0 Å². The highest BCUT2D eigenvalue weighted by Crippen LogP contribution is 2.14. The number of hydrogen-bond acceptors (Lipinski definition) is 6. The lowest BCUT2D eigenvalue weighted by atomic mass is 10.1. The molecule has 0 N–H and O–H groups in total. The maximum absolute atomic E-state index is 12.8. The van der Waals surface area contributed by atoms with Crippen LogP contribution in [0.15, 0.2) is 134 Å². The molecule has 0 rings (SSSR count). The molecule has 6 nitrogen and oxygen atoms in total. The lowest BCUT2D eigenvalue weighted by molar-refractivity contribution is -0.167. The van der Waals surface area contributed by atoms with E-state index in [2.05, 4.69) is 154 Å². The molecule has 0 radical (unpaired) electrons. The van der Waals surface area contributed by atoms with Crippen molar-refractivity contribution in [2.75, 3.05) is 13.2 Å². The first-order chi connectivity index (χ1) is 35.5. The van der Waals surface area contributed by atoms with Crippen molar-refractivity contribution >= 4 is 17.9 Å². The van der Waals surface area contributed by atoms with Gasteiger partial charge in [0, 0.05) is 19.3 Å². The fourth-order valence-corrected chi connectivity index (χ4v) is 7.56. The van der Waals surface area contributed by atoms with Gasteiger partial charge in [-0.2, -0.15) is 0 Å². The minimum atomic E-state index is -0.811. The maximum atomic E-state index is 12.8. The number of carbonyl (C=O) groups is 3. The highest BCUT2D eigenvalue weighted by atomic mass is 16.6. The first-order valence-corrected chi connectivity index (χ1v) is 29.2. The molecule has 6 heteroatoms. The zero-order valence-corrected chi connectivity index (χ0v) is 46.4. The molecule has 0 aromatic rings. The minimum Gasteiger partial charge on any atom is -0.462 e. The summed E-state index contributed by atoms with van der Waals surface area (Å²) in [5, 5.41) is 0. The van der Waals surface area contributed by atoms with Crippen molar-refractivity contribution < 1.29 is 28.6 Å². The summed E-state index contributed by atoms with van der Waals surface area (Å²) in [5.74, 6) is -0.968. The molecule has 0 aliphatic heterocycles. The van der Waals surface area contributed by atoms with Crippen LogP contribution in [0.2, 0.25) is 0 Å². The van der Waals surface area contributed by atoms with Crippen LogP contribution >= 0.6 is 0 Å². The molecule has 0 bridgehead atoms. The lowest BCUT2D eigenvalue weighted by Crippen LogP contribution is -2.30. The second-order valence-electron chi connectivity index (χ2n) is 18.8. The fourth-order valence-electron chi connectivity index (χ4n) is 7.56. The van der Waals surface area contributed by atoms with E-state index in [9.17, 15) is 14.4 Å². The normalized spacial score (nSPS) is 13.1. The number of esters is 3. The lowest BCUT2D eigenvalue weighted by Gasteiger charge is -2.18. The quantitative estimate of drug-likeness (QED) is 0.0261. The standard InChI is InChI=1S/C66H106O6/c1-4-7-10-13-16-19-22-24-26-28-30-32-33-35-36-38-40-42-44-47-50-53-56-59-65(68)71-62-63(61-70-64(67)58-55-52-49-46-21-18-15-12-9-6-3)72-66(69)60-57-54-51-48-45-43-41-39-37-34-31-29-27-25-23-20-17-14-11-8-5-2/h7-8,10-12,15-17,19-20,24-27,30-32,34,39,41,45,48,63H,4-6,9,13-14,18,21-23,28-29,33,35-38,40,42-44,46-47,49-62H2,1-3H3/b10-7-,11-8-,15-12-,19-16-,20-17-,26-24-,27-25-,32-30-,34-31-,41-39-,48-45-. The highest BCUT2D eigenvalue weighted by molar-refractivity contribution is 5.71. The van der Waals surface area contributed by atoms with Crippen molar-refractivity contribution in [1.29, 1.82) is 0 Å². The van der Waals surface area contributed by atoms with Gasteiger partial charge in [-0.15, -0.1) is 0 Å². The van der Waals surface area contributed by atoms with Gasteiger partial charge in [0.05, 0.1) is 0 Å². The molecule has 0 aliphatic rings. The summed E-state index contributed by atoms with van der Waals surface area (Å²) in [6.45, 7) is 6.30. The highest BCUT2D eigenvalue weighted by Gasteiger charge is 2.19. The molecule has 1 unspecified atom stereocenters. The van der Waals surface area contributed by atoms with E-state index in [0.717, 1.165) is 135 Å². The first-order valence-electron chi connectivity index (χ1n) is 29.2. The van der Waals surface area contributed by atoms with Gasteiger partial charge in [0.2, 0.25) is 0 Å². The molecule has 0 aromatic heterocycles. The molecule has 0 fully saturated rings. The van der Waals surface area contributed by atoms with Gasteiger partial charge < -0.3 is 14.2 Å². The van der Waals surface area contributed by atoms with E-state index in [1.807, 2.05) is 0 Å². The Bertz CT molecular complexity index is 1560. The number of carbonyl (C=O) groups excluding carboxylic acids is 3. The molecule has 72 heavy (non-hydrogen) atoms. The predicted molar refractivity (Wildman–Crippen MR) is 311 cm³/mol. The third-order valence-corrected chi connectivity index (χ3v) is 11.9. The monoisotopic (exact) mass is 995 g/mol. The van der Waals surface area contributed by atoms with E-state index < -0.39 is 6.10 Å². The second kappa shape index (κ2) is 59.1. The Labute approximate surface area is 443 Å². The Morgan fingerprint density at radius 1 is 0.292 bits per heavy atom. The average molecular weight is 996 g/mol.